The Morgan fingerprint density at radius 3 is 2.85 bits per heavy atom. The van der Waals surface area contributed by atoms with E-state index in [9.17, 15) is 8.78 Å². The zero-order valence-electron chi connectivity index (χ0n) is 12.3. The standard InChI is InChI=1S/C16H24F2N2/c1-3-9-20(14-5-4-8-19-11-14)12(2)15-10-13(17)6-7-16(15)18/h6-7,10,12,14,19H,3-5,8-9,11H2,1-2H3. The van der Waals surface area contributed by atoms with Crippen molar-refractivity contribution in [3.05, 3.63) is 35.4 Å². The Bertz CT molecular complexity index is 430. The van der Waals surface area contributed by atoms with Gasteiger partial charge in [0.05, 0.1) is 0 Å². The van der Waals surface area contributed by atoms with Gasteiger partial charge in [0.2, 0.25) is 0 Å². The van der Waals surface area contributed by atoms with E-state index in [0.717, 1.165) is 38.9 Å². The molecule has 1 aromatic carbocycles. The predicted octanol–water partition coefficient (Wildman–Crippen LogP) is 3.49. The Kier molecular flexibility index (Phi) is 5.49. The number of piperidine rings is 1. The van der Waals surface area contributed by atoms with Gasteiger partial charge in [-0.05, 0) is 57.5 Å². The van der Waals surface area contributed by atoms with Crippen LogP contribution in [-0.4, -0.2) is 30.6 Å². The van der Waals surface area contributed by atoms with Crippen LogP contribution in [0.2, 0.25) is 0 Å². The Hall–Kier alpha value is -1.00. The fraction of sp³-hybridized carbons (Fsp3) is 0.625. The lowest BCUT2D eigenvalue weighted by Crippen LogP contribution is -2.47. The molecule has 4 heteroatoms. The fourth-order valence-electron chi connectivity index (χ4n) is 3.08. The van der Waals surface area contributed by atoms with Crippen LogP contribution in [0.5, 0.6) is 0 Å². The number of nitrogens with zero attached hydrogens (tertiary/aromatic N) is 1. The van der Waals surface area contributed by atoms with Crippen molar-refractivity contribution < 1.29 is 8.78 Å². The zero-order valence-corrected chi connectivity index (χ0v) is 12.3. The van der Waals surface area contributed by atoms with E-state index in [0.29, 0.717) is 11.6 Å². The van der Waals surface area contributed by atoms with Gasteiger partial charge < -0.3 is 5.32 Å². The summed E-state index contributed by atoms with van der Waals surface area (Å²) in [5.41, 5.74) is 0.462. The van der Waals surface area contributed by atoms with E-state index in [1.807, 2.05) is 6.92 Å². The summed E-state index contributed by atoms with van der Waals surface area (Å²) in [6.45, 7) is 6.99. The fourth-order valence-corrected chi connectivity index (χ4v) is 3.08. The van der Waals surface area contributed by atoms with E-state index >= 15 is 0 Å². The minimum absolute atomic E-state index is 0.101. The molecule has 1 N–H and O–H groups in total. The third-order valence-electron chi connectivity index (χ3n) is 4.13. The Morgan fingerprint density at radius 2 is 2.20 bits per heavy atom. The minimum atomic E-state index is -0.369. The first-order valence-electron chi connectivity index (χ1n) is 7.55. The van der Waals surface area contributed by atoms with Crippen LogP contribution < -0.4 is 5.32 Å². The number of hydrogen-bond donors (Lipinski definition) is 1. The van der Waals surface area contributed by atoms with Gasteiger partial charge in [-0.25, -0.2) is 8.78 Å². The molecule has 0 radical (unpaired) electrons. The Morgan fingerprint density at radius 1 is 1.40 bits per heavy atom. The predicted molar refractivity (Wildman–Crippen MR) is 77.7 cm³/mol. The lowest BCUT2D eigenvalue weighted by molar-refractivity contribution is 0.118. The number of rotatable bonds is 5. The number of benzene rings is 1. The molecular weight excluding hydrogens is 258 g/mol. The quantitative estimate of drug-likeness (QED) is 0.889. The van der Waals surface area contributed by atoms with Gasteiger partial charge >= 0.3 is 0 Å². The molecule has 2 rings (SSSR count). The van der Waals surface area contributed by atoms with Crippen LogP contribution in [0.15, 0.2) is 18.2 Å². The molecule has 0 aliphatic carbocycles. The maximum absolute atomic E-state index is 14.0. The van der Waals surface area contributed by atoms with Gasteiger partial charge in [0.25, 0.3) is 0 Å². The lowest BCUT2D eigenvalue weighted by Gasteiger charge is -2.39. The summed E-state index contributed by atoms with van der Waals surface area (Å²) in [6, 6.07) is 4.04. The van der Waals surface area contributed by atoms with Gasteiger partial charge in [-0.1, -0.05) is 6.92 Å². The van der Waals surface area contributed by atoms with E-state index in [1.165, 1.54) is 18.2 Å². The molecule has 0 spiro atoms. The maximum atomic E-state index is 14.0. The molecule has 1 heterocycles. The SMILES string of the molecule is CCCN(C1CCCNC1)C(C)c1cc(F)ccc1F. The molecule has 0 bridgehead atoms. The van der Waals surface area contributed by atoms with E-state index in [1.54, 1.807) is 0 Å². The second-order valence-corrected chi connectivity index (χ2v) is 5.58. The van der Waals surface area contributed by atoms with Crippen molar-refractivity contribution in [2.24, 2.45) is 0 Å². The summed E-state index contributed by atoms with van der Waals surface area (Å²) in [4.78, 5) is 2.31. The van der Waals surface area contributed by atoms with Crippen molar-refractivity contribution in [2.45, 2.75) is 45.2 Å². The molecule has 0 saturated carbocycles. The van der Waals surface area contributed by atoms with Crippen LogP contribution in [0.25, 0.3) is 0 Å². The van der Waals surface area contributed by atoms with Crippen molar-refractivity contribution >= 4 is 0 Å². The normalized spacial score (nSPS) is 21.1. The Labute approximate surface area is 120 Å². The third kappa shape index (κ3) is 3.55. The van der Waals surface area contributed by atoms with Gasteiger partial charge in [0.1, 0.15) is 11.6 Å². The highest BCUT2D eigenvalue weighted by atomic mass is 19.1. The summed E-state index contributed by atoms with van der Waals surface area (Å²) in [7, 11) is 0. The molecule has 0 aromatic heterocycles. The second-order valence-electron chi connectivity index (χ2n) is 5.58. The number of hydrogen-bond acceptors (Lipinski definition) is 2. The summed E-state index contributed by atoms with van der Waals surface area (Å²) >= 11 is 0. The topological polar surface area (TPSA) is 15.3 Å². The van der Waals surface area contributed by atoms with Gasteiger partial charge in [-0.15, -0.1) is 0 Å². The molecule has 1 aromatic rings. The highest BCUT2D eigenvalue weighted by Crippen LogP contribution is 2.27. The van der Waals surface area contributed by atoms with E-state index < -0.39 is 0 Å². The van der Waals surface area contributed by atoms with Gasteiger partial charge in [-0.3, -0.25) is 4.90 Å². The molecule has 2 nitrogen and oxygen atoms in total. The van der Waals surface area contributed by atoms with Crippen LogP contribution in [0, 0.1) is 11.6 Å². The van der Waals surface area contributed by atoms with Crippen molar-refractivity contribution in [1.82, 2.24) is 10.2 Å². The van der Waals surface area contributed by atoms with Crippen molar-refractivity contribution in [1.29, 1.82) is 0 Å². The zero-order chi connectivity index (χ0) is 14.5. The third-order valence-corrected chi connectivity index (χ3v) is 4.13. The largest absolute Gasteiger partial charge is 0.315 e. The van der Waals surface area contributed by atoms with Crippen LogP contribution in [0.3, 0.4) is 0 Å². The van der Waals surface area contributed by atoms with Gasteiger partial charge in [0, 0.05) is 24.2 Å². The van der Waals surface area contributed by atoms with Crippen LogP contribution >= 0.6 is 0 Å². The summed E-state index contributed by atoms with van der Waals surface area (Å²) in [5, 5.41) is 3.40. The summed E-state index contributed by atoms with van der Waals surface area (Å²) in [5.74, 6) is -0.685. The molecule has 112 valence electrons. The Balaban J connectivity index is 2.20. The molecular formula is C16H24F2N2. The number of halogens is 2. The van der Waals surface area contributed by atoms with Crippen molar-refractivity contribution in [3.63, 3.8) is 0 Å². The molecule has 2 unspecified atom stereocenters. The lowest BCUT2D eigenvalue weighted by atomic mass is 9.99. The van der Waals surface area contributed by atoms with E-state index in [2.05, 4.69) is 17.1 Å². The second kappa shape index (κ2) is 7.14. The van der Waals surface area contributed by atoms with E-state index in [4.69, 9.17) is 0 Å². The molecule has 20 heavy (non-hydrogen) atoms. The first-order valence-corrected chi connectivity index (χ1v) is 7.55. The molecule has 2 atom stereocenters. The average molecular weight is 282 g/mol. The summed E-state index contributed by atoms with van der Waals surface area (Å²) < 4.78 is 27.4. The molecule has 1 aliphatic rings. The van der Waals surface area contributed by atoms with Crippen LogP contribution in [0.1, 0.15) is 44.7 Å². The molecule has 1 saturated heterocycles. The smallest absolute Gasteiger partial charge is 0.128 e. The number of nitrogens with one attached hydrogen (secondary N) is 1. The molecule has 1 aliphatic heterocycles. The monoisotopic (exact) mass is 282 g/mol. The highest BCUT2D eigenvalue weighted by Gasteiger charge is 2.27. The average Bonchev–Trinajstić information content (AvgIpc) is 2.47. The van der Waals surface area contributed by atoms with Crippen LogP contribution in [0.4, 0.5) is 8.78 Å². The molecule has 0 amide bonds. The van der Waals surface area contributed by atoms with Crippen molar-refractivity contribution in [3.8, 4) is 0 Å². The van der Waals surface area contributed by atoms with Gasteiger partial charge in [0.15, 0.2) is 0 Å². The minimum Gasteiger partial charge on any atom is -0.315 e. The highest BCUT2D eigenvalue weighted by molar-refractivity contribution is 5.22. The molecule has 1 fully saturated rings. The van der Waals surface area contributed by atoms with Gasteiger partial charge in [-0.2, -0.15) is 0 Å². The first kappa shape index (κ1) is 15.4. The van der Waals surface area contributed by atoms with Crippen molar-refractivity contribution in [2.75, 3.05) is 19.6 Å². The maximum Gasteiger partial charge on any atom is 0.128 e. The van der Waals surface area contributed by atoms with E-state index in [-0.39, 0.29) is 17.7 Å². The van der Waals surface area contributed by atoms with Crippen LogP contribution in [-0.2, 0) is 0 Å². The first-order chi connectivity index (χ1) is 9.63. The summed E-state index contributed by atoms with van der Waals surface area (Å²) in [6.07, 6.45) is 3.27.